The number of hydrogen-bond acceptors (Lipinski definition) is 3. The van der Waals surface area contributed by atoms with Crippen molar-refractivity contribution in [2.75, 3.05) is 5.32 Å². The van der Waals surface area contributed by atoms with Gasteiger partial charge in [0, 0.05) is 5.69 Å². The number of aromatic nitrogens is 1. The van der Waals surface area contributed by atoms with Gasteiger partial charge in [-0.1, -0.05) is 32.9 Å². The van der Waals surface area contributed by atoms with E-state index in [2.05, 4.69) is 31.1 Å². The summed E-state index contributed by atoms with van der Waals surface area (Å²) >= 11 is 0. The van der Waals surface area contributed by atoms with Crippen LogP contribution in [0.5, 0.6) is 0 Å². The van der Waals surface area contributed by atoms with E-state index in [1.807, 2.05) is 24.3 Å². The third-order valence-electron chi connectivity index (χ3n) is 3.10. The molecule has 0 aliphatic carbocycles. The van der Waals surface area contributed by atoms with E-state index in [1.54, 1.807) is 0 Å². The molecule has 0 amide bonds. The van der Waals surface area contributed by atoms with Crippen LogP contribution >= 0.6 is 0 Å². The summed E-state index contributed by atoms with van der Waals surface area (Å²) in [6.45, 7) is 6.33. The minimum atomic E-state index is -1.23. The molecule has 2 aromatic rings. The zero-order chi connectivity index (χ0) is 15.6. The second-order valence-electron chi connectivity index (χ2n) is 5.81. The Morgan fingerprint density at radius 1 is 1.24 bits per heavy atom. The fraction of sp³-hybridized carbons (Fsp3) is 0.250. The monoisotopic (exact) mass is 288 g/mol. The number of nitrogens with one attached hydrogen (secondary N) is 1. The molecule has 1 heterocycles. The number of nitrogens with zero attached hydrogens (tertiary/aromatic N) is 1. The third kappa shape index (κ3) is 3.56. The largest absolute Gasteiger partial charge is 0.478 e. The molecular formula is C16H17FN2O2. The van der Waals surface area contributed by atoms with E-state index in [-0.39, 0.29) is 16.8 Å². The van der Waals surface area contributed by atoms with Crippen LogP contribution < -0.4 is 5.32 Å². The van der Waals surface area contributed by atoms with Crippen LogP contribution in [0.3, 0.4) is 0 Å². The van der Waals surface area contributed by atoms with Crippen LogP contribution in [-0.4, -0.2) is 16.1 Å². The molecule has 5 heteroatoms. The lowest BCUT2D eigenvalue weighted by molar-refractivity contribution is 0.0697. The maximum absolute atomic E-state index is 13.1. The number of carbonyl (C=O) groups is 1. The first kappa shape index (κ1) is 15.0. The first-order valence-corrected chi connectivity index (χ1v) is 6.54. The molecule has 0 radical (unpaired) electrons. The first-order chi connectivity index (χ1) is 9.77. The summed E-state index contributed by atoms with van der Waals surface area (Å²) in [6.07, 6.45) is 0.984. The Kier molecular flexibility index (Phi) is 3.93. The lowest BCUT2D eigenvalue weighted by Crippen LogP contribution is -2.11. The van der Waals surface area contributed by atoms with E-state index < -0.39 is 11.8 Å². The van der Waals surface area contributed by atoms with Crippen molar-refractivity contribution in [3.8, 4) is 0 Å². The van der Waals surface area contributed by atoms with Gasteiger partial charge in [-0.2, -0.15) is 0 Å². The van der Waals surface area contributed by atoms with E-state index in [9.17, 15) is 9.18 Å². The Balaban J connectivity index is 2.28. The highest BCUT2D eigenvalue weighted by molar-refractivity contribution is 5.93. The number of benzene rings is 1. The van der Waals surface area contributed by atoms with Gasteiger partial charge in [-0.05, 0) is 29.2 Å². The molecular weight excluding hydrogens is 271 g/mol. The highest BCUT2D eigenvalue weighted by atomic mass is 19.1. The Morgan fingerprint density at radius 3 is 2.38 bits per heavy atom. The van der Waals surface area contributed by atoms with E-state index in [1.165, 1.54) is 5.56 Å². The van der Waals surface area contributed by atoms with Crippen LogP contribution in [0.15, 0.2) is 36.5 Å². The average Bonchev–Trinajstić information content (AvgIpc) is 2.40. The minimum Gasteiger partial charge on any atom is -0.478 e. The molecule has 0 atom stereocenters. The zero-order valence-electron chi connectivity index (χ0n) is 12.1. The predicted octanol–water partition coefficient (Wildman–Crippen LogP) is 3.96. The van der Waals surface area contributed by atoms with Crippen molar-refractivity contribution in [2.45, 2.75) is 26.2 Å². The number of rotatable bonds is 3. The van der Waals surface area contributed by atoms with E-state index in [0.29, 0.717) is 5.69 Å². The number of aromatic carboxylic acids is 1. The summed E-state index contributed by atoms with van der Waals surface area (Å²) in [4.78, 5) is 14.9. The van der Waals surface area contributed by atoms with Gasteiger partial charge in [0.1, 0.15) is 17.2 Å². The normalized spacial score (nSPS) is 11.2. The van der Waals surface area contributed by atoms with E-state index >= 15 is 0 Å². The van der Waals surface area contributed by atoms with Crippen molar-refractivity contribution >= 4 is 17.5 Å². The molecule has 0 unspecified atom stereocenters. The van der Waals surface area contributed by atoms with E-state index in [0.717, 1.165) is 12.3 Å². The van der Waals surface area contributed by atoms with Crippen LogP contribution in [-0.2, 0) is 5.41 Å². The van der Waals surface area contributed by atoms with Crippen molar-refractivity contribution in [1.29, 1.82) is 0 Å². The molecule has 110 valence electrons. The lowest BCUT2D eigenvalue weighted by Gasteiger charge is -2.19. The van der Waals surface area contributed by atoms with Crippen molar-refractivity contribution in [3.05, 3.63) is 53.5 Å². The van der Waals surface area contributed by atoms with Crippen molar-refractivity contribution in [2.24, 2.45) is 0 Å². The summed E-state index contributed by atoms with van der Waals surface area (Å²) in [5, 5.41) is 12.0. The summed E-state index contributed by atoms with van der Waals surface area (Å²) in [5.74, 6) is -1.79. The maximum atomic E-state index is 13.1. The van der Waals surface area contributed by atoms with Crippen LogP contribution in [0, 0.1) is 5.82 Å². The molecule has 0 saturated heterocycles. The quantitative estimate of drug-likeness (QED) is 0.897. The number of carboxylic acids is 1. The van der Waals surface area contributed by atoms with Gasteiger partial charge in [-0.25, -0.2) is 14.2 Å². The molecule has 0 bridgehead atoms. The fourth-order valence-corrected chi connectivity index (χ4v) is 1.89. The Hall–Kier alpha value is -2.43. The molecule has 0 saturated carbocycles. The Labute approximate surface area is 122 Å². The third-order valence-corrected chi connectivity index (χ3v) is 3.10. The van der Waals surface area contributed by atoms with Gasteiger partial charge in [0.2, 0.25) is 0 Å². The maximum Gasteiger partial charge on any atom is 0.339 e. The molecule has 0 aliphatic heterocycles. The second-order valence-corrected chi connectivity index (χ2v) is 5.81. The van der Waals surface area contributed by atoms with Gasteiger partial charge in [0.25, 0.3) is 0 Å². The molecule has 0 aliphatic rings. The first-order valence-electron chi connectivity index (χ1n) is 6.54. The molecule has 1 aromatic carbocycles. The highest BCUT2D eigenvalue weighted by Gasteiger charge is 2.15. The van der Waals surface area contributed by atoms with Crippen LogP contribution in [0.25, 0.3) is 0 Å². The summed E-state index contributed by atoms with van der Waals surface area (Å²) < 4.78 is 13.1. The number of pyridine rings is 1. The van der Waals surface area contributed by atoms with Crippen LogP contribution in [0.1, 0.15) is 36.7 Å². The van der Waals surface area contributed by atoms with Crippen molar-refractivity contribution in [3.63, 3.8) is 0 Å². The lowest BCUT2D eigenvalue weighted by atomic mass is 9.87. The number of hydrogen-bond donors (Lipinski definition) is 2. The standard InChI is InChI=1S/C16H17FN2O2/c1-16(2,3)10-4-6-12(7-5-10)19-14-13(15(20)21)8-11(17)9-18-14/h4-9H,1-3H3,(H,18,19)(H,20,21). The van der Waals surface area contributed by atoms with Crippen molar-refractivity contribution in [1.82, 2.24) is 4.98 Å². The average molecular weight is 288 g/mol. The molecule has 21 heavy (non-hydrogen) atoms. The van der Waals surface area contributed by atoms with Crippen LogP contribution in [0.2, 0.25) is 0 Å². The smallest absolute Gasteiger partial charge is 0.339 e. The van der Waals surface area contributed by atoms with Gasteiger partial charge in [-0.15, -0.1) is 0 Å². The summed E-state index contributed by atoms with van der Waals surface area (Å²) in [7, 11) is 0. The molecule has 2 N–H and O–H groups in total. The minimum absolute atomic E-state index is 0.0406. The second kappa shape index (κ2) is 5.52. The fourth-order valence-electron chi connectivity index (χ4n) is 1.89. The molecule has 1 aromatic heterocycles. The SMILES string of the molecule is CC(C)(C)c1ccc(Nc2ncc(F)cc2C(=O)O)cc1. The van der Waals surface area contributed by atoms with Crippen LogP contribution in [0.4, 0.5) is 15.9 Å². The zero-order valence-corrected chi connectivity index (χ0v) is 12.1. The molecule has 0 fully saturated rings. The van der Waals surface area contributed by atoms with E-state index in [4.69, 9.17) is 5.11 Å². The van der Waals surface area contributed by atoms with Crippen molar-refractivity contribution < 1.29 is 14.3 Å². The van der Waals surface area contributed by atoms with Gasteiger partial charge in [0.05, 0.1) is 6.20 Å². The topological polar surface area (TPSA) is 62.2 Å². The van der Waals surface area contributed by atoms with Gasteiger partial charge >= 0.3 is 5.97 Å². The Morgan fingerprint density at radius 2 is 1.86 bits per heavy atom. The number of carboxylic acid groups (broad SMARTS) is 1. The summed E-state index contributed by atoms with van der Waals surface area (Å²) in [5.41, 5.74) is 1.71. The Bertz CT molecular complexity index is 661. The van der Waals surface area contributed by atoms with Gasteiger partial charge < -0.3 is 10.4 Å². The predicted molar refractivity (Wildman–Crippen MR) is 79.6 cm³/mol. The van der Waals surface area contributed by atoms with Gasteiger partial charge in [0.15, 0.2) is 0 Å². The number of halogens is 1. The molecule has 2 rings (SSSR count). The number of anilines is 2. The highest BCUT2D eigenvalue weighted by Crippen LogP contribution is 2.25. The molecule has 0 spiro atoms. The summed E-state index contributed by atoms with van der Waals surface area (Å²) in [6, 6.07) is 8.56. The van der Waals surface area contributed by atoms with Gasteiger partial charge in [-0.3, -0.25) is 0 Å². The molecule has 4 nitrogen and oxygen atoms in total.